The Kier molecular flexibility index (Phi) is 54.6. The number of carbonyl (C=O) groups excluding carboxylic acids is 2. The minimum Gasteiger partial charge on any atom is -0.466 e. The molecule has 0 aliphatic heterocycles. The van der Waals surface area contributed by atoms with Crippen molar-refractivity contribution >= 4 is 11.9 Å². The van der Waals surface area contributed by atoms with E-state index in [9.17, 15) is 19.8 Å². The normalized spacial score (nSPS) is 13.0. The van der Waals surface area contributed by atoms with Crippen molar-refractivity contribution in [1.82, 2.24) is 5.32 Å². The molecule has 6 nitrogen and oxygen atoms in total. The van der Waals surface area contributed by atoms with Gasteiger partial charge in [-0.3, -0.25) is 9.59 Å². The number of ether oxygens (including phenoxy) is 1. The molecule has 0 aromatic rings. The highest BCUT2D eigenvalue weighted by Gasteiger charge is 2.18. The van der Waals surface area contributed by atoms with Gasteiger partial charge in [0.2, 0.25) is 5.91 Å². The van der Waals surface area contributed by atoms with Gasteiger partial charge < -0.3 is 20.3 Å². The first-order valence-electron chi connectivity index (χ1n) is 29.4. The lowest BCUT2D eigenvalue weighted by Gasteiger charge is -2.20. The molecule has 0 radical (unpaired) electrons. The fourth-order valence-electron chi connectivity index (χ4n) is 8.78. The van der Waals surface area contributed by atoms with Crippen LogP contribution in [0.25, 0.3) is 0 Å². The first-order chi connectivity index (χ1) is 33.0. The van der Waals surface area contributed by atoms with Crippen molar-refractivity contribution in [3.05, 3.63) is 48.6 Å². The summed E-state index contributed by atoms with van der Waals surface area (Å²) in [5.74, 6) is -0.0734. The SMILES string of the molecule is CCCCC/C=C\CCCCCCCC(=O)OCCCCCCCCCCC/C=C\C/C=C\CCCCCCCCCCCCCC(=O)NC(CO)C(O)/C=C/CCCCCCCCCCC. The lowest BCUT2D eigenvalue weighted by atomic mass is 10.0. The maximum atomic E-state index is 12.4. The van der Waals surface area contributed by atoms with Crippen molar-refractivity contribution in [2.24, 2.45) is 0 Å². The van der Waals surface area contributed by atoms with Crippen molar-refractivity contribution < 1.29 is 24.5 Å². The summed E-state index contributed by atoms with van der Waals surface area (Å²) in [7, 11) is 0. The topological polar surface area (TPSA) is 95.9 Å². The number of hydrogen-bond donors (Lipinski definition) is 3. The van der Waals surface area contributed by atoms with Crippen molar-refractivity contribution in [3.8, 4) is 0 Å². The quantitative estimate of drug-likeness (QED) is 0.0321. The number of hydrogen-bond acceptors (Lipinski definition) is 5. The molecule has 0 rings (SSSR count). The molecule has 0 spiro atoms. The highest BCUT2D eigenvalue weighted by Crippen LogP contribution is 2.16. The number of allylic oxidation sites excluding steroid dienone is 7. The highest BCUT2D eigenvalue weighted by atomic mass is 16.5. The number of unbranched alkanes of at least 4 members (excludes halogenated alkanes) is 37. The van der Waals surface area contributed by atoms with E-state index < -0.39 is 12.1 Å². The van der Waals surface area contributed by atoms with Gasteiger partial charge in [0, 0.05) is 12.8 Å². The Labute approximate surface area is 416 Å². The third-order valence-corrected chi connectivity index (χ3v) is 13.3. The van der Waals surface area contributed by atoms with Gasteiger partial charge in [0.1, 0.15) is 0 Å². The number of esters is 1. The minimum absolute atomic E-state index is 0.000533. The van der Waals surface area contributed by atoms with Gasteiger partial charge >= 0.3 is 5.97 Å². The Morgan fingerprint density at radius 3 is 1.18 bits per heavy atom. The lowest BCUT2D eigenvalue weighted by Crippen LogP contribution is -2.45. The van der Waals surface area contributed by atoms with Crippen LogP contribution in [0.3, 0.4) is 0 Å². The van der Waals surface area contributed by atoms with Crippen LogP contribution in [0.2, 0.25) is 0 Å². The molecule has 0 bridgehead atoms. The summed E-state index contributed by atoms with van der Waals surface area (Å²) in [6.45, 7) is 4.86. The van der Waals surface area contributed by atoms with E-state index in [4.69, 9.17) is 4.74 Å². The van der Waals surface area contributed by atoms with Gasteiger partial charge in [-0.15, -0.1) is 0 Å². The molecule has 0 aromatic carbocycles. The van der Waals surface area contributed by atoms with E-state index in [0.717, 1.165) is 51.4 Å². The Bertz CT molecular complexity index is 1130. The molecule has 3 N–H and O–H groups in total. The Balaban J connectivity index is 3.43. The number of nitrogens with one attached hydrogen (secondary N) is 1. The molecule has 2 atom stereocenters. The van der Waals surface area contributed by atoms with E-state index in [1.165, 1.54) is 225 Å². The van der Waals surface area contributed by atoms with Gasteiger partial charge in [-0.25, -0.2) is 0 Å². The fraction of sp³-hybridized carbons (Fsp3) is 0.836. The molecule has 0 heterocycles. The van der Waals surface area contributed by atoms with Crippen LogP contribution in [-0.2, 0) is 14.3 Å². The smallest absolute Gasteiger partial charge is 0.305 e. The summed E-state index contributed by atoms with van der Waals surface area (Å²) in [5.41, 5.74) is 0. The second kappa shape index (κ2) is 56.4. The molecule has 67 heavy (non-hydrogen) atoms. The van der Waals surface area contributed by atoms with E-state index in [1.54, 1.807) is 6.08 Å². The average molecular weight is 941 g/mol. The van der Waals surface area contributed by atoms with Crippen molar-refractivity contribution in [1.29, 1.82) is 0 Å². The summed E-state index contributed by atoms with van der Waals surface area (Å²) in [5, 5.41) is 23.0. The Morgan fingerprint density at radius 1 is 0.418 bits per heavy atom. The van der Waals surface area contributed by atoms with Crippen LogP contribution in [0.15, 0.2) is 48.6 Å². The summed E-state index contributed by atoms with van der Waals surface area (Å²) < 4.78 is 5.46. The molecule has 2 unspecified atom stereocenters. The Morgan fingerprint density at radius 2 is 0.746 bits per heavy atom. The molecular formula is C61H113NO5. The van der Waals surface area contributed by atoms with E-state index in [2.05, 4.69) is 55.6 Å². The van der Waals surface area contributed by atoms with Crippen LogP contribution in [0.1, 0.15) is 303 Å². The zero-order valence-corrected chi connectivity index (χ0v) is 44.6. The van der Waals surface area contributed by atoms with Crippen molar-refractivity contribution in [3.63, 3.8) is 0 Å². The molecule has 392 valence electrons. The maximum Gasteiger partial charge on any atom is 0.305 e. The van der Waals surface area contributed by atoms with E-state index in [-0.39, 0.29) is 18.5 Å². The summed E-state index contributed by atoms with van der Waals surface area (Å²) in [6.07, 6.45) is 71.5. The summed E-state index contributed by atoms with van der Waals surface area (Å²) in [4.78, 5) is 24.4. The van der Waals surface area contributed by atoms with Gasteiger partial charge in [-0.2, -0.15) is 0 Å². The highest BCUT2D eigenvalue weighted by molar-refractivity contribution is 5.76. The molecule has 1 amide bonds. The second-order valence-corrected chi connectivity index (χ2v) is 20.0. The number of aliphatic hydroxyl groups excluding tert-OH is 2. The molecule has 0 aromatic heterocycles. The van der Waals surface area contributed by atoms with Crippen LogP contribution >= 0.6 is 0 Å². The van der Waals surface area contributed by atoms with Gasteiger partial charge in [-0.1, -0.05) is 249 Å². The fourth-order valence-corrected chi connectivity index (χ4v) is 8.78. The molecule has 0 aliphatic rings. The largest absolute Gasteiger partial charge is 0.466 e. The third-order valence-electron chi connectivity index (χ3n) is 13.3. The van der Waals surface area contributed by atoms with Gasteiger partial charge in [0.05, 0.1) is 25.4 Å². The van der Waals surface area contributed by atoms with Crippen LogP contribution in [0, 0.1) is 0 Å². The molecule has 6 heteroatoms. The van der Waals surface area contributed by atoms with Crippen LogP contribution in [-0.4, -0.2) is 47.4 Å². The standard InChI is InChI=1S/C61H113NO5/c1-3-5-7-9-11-13-15-35-39-43-47-51-55-61(66)67-56-52-48-44-40-36-32-30-28-26-24-22-20-18-16-17-19-21-23-25-27-29-31-34-38-42-46-50-54-60(65)62-58(57-63)59(64)53-49-45-41-37-33-14-12-10-8-6-4-2/h11,13,16-17,20,22,49,53,58-59,63-64H,3-10,12,14-15,18-19,21,23-48,50-52,54-57H2,1-2H3,(H,62,65)/b13-11-,17-16-,22-20-,53-49+. The average Bonchev–Trinajstić information content (AvgIpc) is 3.33. The van der Waals surface area contributed by atoms with Gasteiger partial charge in [-0.05, 0) is 89.9 Å². The number of carbonyl (C=O) groups is 2. The van der Waals surface area contributed by atoms with Crippen LogP contribution in [0.5, 0.6) is 0 Å². The van der Waals surface area contributed by atoms with E-state index >= 15 is 0 Å². The molecular weight excluding hydrogens is 827 g/mol. The predicted molar refractivity (Wildman–Crippen MR) is 292 cm³/mol. The van der Waals surface area contributed by atoms with E-state index in [0.29, 0.717) is 19.4 Å². The number of amides is 1. The van der Waals surface area contributed by atoms with Crippen LogP contribution in [0.4, 0.5) is 0 Å². The minimum atomic E-state index is -0.845. The molecule has 0 saturated heterocycles. The van der Waals surface area contributed by atoms with Crippen LogP contribution < -0.4 is 5.32 Å². The van der Waals surface area contributed by atoms with Gasteiger partial charge in [0.15, 0.2) is 0 Å². The maximum absolute atomic E-state index is 12.4. The first-order valence-corrected chi connectivity index (χ1v) is 29.4. The predicted octanol–water partition coefficient (Wildman–Crippen LogP) is 18.2. The third kappa shape index (κ3) is 53.0. The first kappa shape index (κ1) is 64.8. The molecule has 0 aliphatic carbocycles. The molecule has 0 saturated carbocycles. The summed E-state index contributed by atoms with van der Waals surface area (Å²) >= 11 is 0. The van der Waals surface area contributed by atoms with Crippen molar-refractivity contribution in [2.45, 2.75) is 315 Å². The zero-order chi connectivity index (χ0) is 48.6. The zero-order valence-electron chi connectivity index (χ0n) is 44.6. The monoisotopic (exact) mass is 940 g/mol. The molecule has 0 fully saturated rings. The lowest BCUT2D eigenvalue weighted by molar-refractivity contribution is -0.143. The number of aliphatic hydroxyl groups is 2. The van der Waals surface area contributed by atoms with E-state index in [1.807, 2.05) is 6.08 Å². The van der Waals surface area contributed by atoms with Crippen molar-refractivity contribution in [2.75, 3.05) is 13.2 Å². The Hall–Kier alpha value is -2.18. The second-order valence-electron chi connectivity index (χ2n) is 20.0. The van der Waals surface area contributed by atoms with Gasteiger partial charge in [0.25, 0.3) is 0 Å². The number of rotatable bonds is 54. The summed E-state index contributed by atoms with van der Waals surface area (Å²) in [6, 6.07) is -0.629.